The van der Waals surface area contributed by atoms with Crippen molar-refractivity contribution < 1.29 is 4.79 Å². The molecule has 3 aliphatic heterocycles. The maximum Gasteiger partial charge on any atom is 0.274 e. The number of H-pyrrole nitrogens is 1. The fourth-order valence-corrected chi connectivity index (χ4v) is 3.98. The number of nitrogens with one attached hydrogen (secondary N) is 1. The molecule has 0 aliphatic carbocycles. The molecule has 2 atom stereocenters. The quantitative estimate of drug-likeness (QED) is 0.935. The van der Waals surface area contributed by atoms with E-state index in [0.29, 0.717) is 11.6 Å². The first-order valence-electron chi connectivity index (χ1n) is 8.63. The Kier molecular flexibility index (Phi) is 4.06. The number of aromatic nitrogens is 3. The van der Waals surface area contributed by atoms with E-state index in [0.717, 1.165) is 38.3 Å². The lowest BCUT2D eigenvalue weighted by atomic mass is 9.94. The minimum atomic E-state index is 0.0669. The van der Waals surface area contributed by atoms with Crippen LogP contribution in [0.4, 0.5) is 0 Å². The van der Waals surface area contributed by atoms with Crippen molar-refractivity contribution in [2.45, 2.75) is 32.4 Å². The molecule has 0 unspecified atom stereocenters. The van der Waals surface area contributed by atoms with E-state index in [-0.39, 0.29) is 11.9 Å². The van der Waals surface area contributed by atoms with Crippen LogP contribution in [0.25, 0.3) is 0 Å². The SMILES string of the molecule is Cc1cc(C(=O)N2C[C@H]3CC[C@@H]2CN(Cc2cccnc2)C3)n[nH]1. The van der Waals surface area contributed by atoms with Gasteiger partial charge in [0.2, 0.25) is 0 Å². The average Bonchev–Trinajstić information content (AvgIpc) is 2.84. The van der Waals surface area contributed by atoms with Crippen molar-refractivity contribution in [3.8, 4) is 0 Å². The lowest BCUT2D eigenvalue weighted by Gasteiger charge is -2.35. The lowest BCUT2D eigenvalue weighted by Crippen LogP contribution is -2.47. The summed E-state index contributed by atoms with van der Waals surface area (Å²) in [7, 11) is 0. The van der Waals surface area contributed by atoms with Crippen LogP contribution in [-0.2, 0) is 6.54 Å². The average molecular weight is 325 g/mol. The third kappa shape index (κ3) is 3.06. The van der Waals surface area contributed by atoms with Crippen molar-refractivity contribution >= 4 is 5.91 Å². The fraction of sp³-hybridized carbons (Fsp3) is 0.500. The zero-order valence-electron chi connectivity index (χ0n) is 14.0. The van der Waals surface area contributed by atoms with Crippen molar-refractivity contribution in [3.05, 3.63) is 47.5 Å². The fourth-order valence-electron chi connectivity index (χ4n) is 3.98. The summed E-state index contributed by atoms with van der Waals surface area (Å²) in [6.07, 6.45) is 6.03. The number of hydrogen-bond acceptors (Lipinski definition) is 4. The summed E-state index contributed by atoms with van der Waals surface area (Å²) in [6.45, 7) is 5.66. The Labute approximate surface area is 141 Å². The molecule has 3 fully saturated rings. The third-order valence-electron chi connectivity index (χ3n) is 5.10. The van der Waals surface area contributed by atoms with Gasteiger partial charge in [-0.1, -0.05) is 6.07 Å². The number of hydrogen-bond donors (Lipinski definition) is 1. The van der Waals surface area contributed by atoms with Crippen LogP contribution in [0.3, 0.4) is 0 Å². The van der Waals surface area contributed by atoms with Gasteiger partial charge in [-0.3, -0.25) is 19.8 Å². The van der Waals surface area contributed by atoms with E-state index in [2.05, 4.69) is 26.1 Å². The minimum Gasteiger partial charge on any atom is -0.333 e. The van der Waals surface area contributed by atoms with Crippen LogP contribution in [-0.4, -0.2) is 56.6 Å². The number of piperidine rings is 1. The Morgan fingerprint density at radius 2 is 2.25 bits per heavy atom. The summed E-state index contributed by atoms with van der Waals surface area (Å²) in [5.74, 6) is 0.613. The van der Waals surface area contributed by atoms with Crippen molar-refractivity contribution in [1.29, 1.82) is 0 Å². The van der Waals surface area contributed by atoms with E-state index in [1.165, 1.54) is 12.0 Å². The predicted octanol–water partition coefficient (Wildman–Crippen LogP) is 1.85. The normalized spacial score (nSPS) is 24.1. The molecule has 24 heavy (non-hydrogen) atoms. The highest BCUT2D eigenvalue weighted by atomic mass is 16.2. The summed E-state index contributed by atoms with van der Waals surface area (Å²) in [5.41, 5.74) is 2.70. The van der Waals surface area contributed by atoms with Gasteiger partial charge in [-0.25, -0.2) is 0 Å². The first-order valence-corrected chi connectivity index (χ1v) is 8.63. The molecule has 0 saturated carbocycles. The summed E-state index contributed by atoms with van der Waals surface area (Å²) in [6, 6.07) is 6.23. The molecular formula is C18H23N5O. The number of carbonyl (C=O) groups is 1. The Morgan fingerprint density at radius 3 is 3.00 bits per heavy atom. The number of rotatable bonds is 3. The van der Waals surface area contributed by atoms with Crippen LogP contribution in [0.1, 0.15) is 34.6 Å². The number of pyridine rings is 1. The zero-order chi connectivity index (χ0) is 16.5. The molecule has 0 aromatic carbocycles. The lowest BCUT2D eigenvalue weighted by molar-refractivity contribution is 0.0579. The Balaban J connectivity index is 1.49. The molecule has 1 N–H and O–H groups in total. The van der Waals surface area contributed by atoms with Gasteiger partial charge in [0.05, 0.1) is 0 Å². The first kappa shape index (κ1) is 15.3. The molecule has 6 nitrogen and oxygen atoms in total. The van der Waals surface area contributed by atoms with Gasteiger partial charge in [0, 0.05) is 50.3 Å². The van der Waals surface area contributed by atoms with Crippen molar-refractivity contribution in [2.75, 3.05) is 19.6 Å². The Morgan fingerprint density at radius 1 is 1.33 bits per heavy atom. The van der Waals surface area contributed by atoms with E-state index in [9.17, 15) is 4.79 Å². The Bertz CT molecular complexity index is 713. The van der Waals surface area contributed by atoms with Crippen LogP contribution in [0, 0.1) is 12.8 Å². The second-order valence-electron chi connectivity index (χ2n) is 7.05. The first-order chi connectivity index (χ1) is 11.7. The molecule has 0 spiro atoms. The smallest absolute Gasteiger partial charge is 0.274 e. The van der Waals surface area contributed by atoms with Gasteiger partial charge in [-0.15, -0.1) is 0 Å². The molecular weight excluding hydrogens is 302 g/mol. The van der Waals surface area contributed by atoms with E-state index in [4.69, 9.17) is 0 Å². The van der Waals surface area contributed by atoms with Gasteiger partial charge in [0.15, 0.2) is 0 Å². The maximum absolute atomic E-state index is 12.8. The predicted molar refractivity (Wildman–Crippen MR) is 90.4 cm³/mol. The van der Waals surface area contributed by atoms with Crippen molar-refractivity contribution in [3.63, 3.8) is 0 Å². The highest BCUT2D eigenvalue weighted by molar-refractivity contribution is 5.92. The minimum absolute atomic E-state index is 0.0669. The molecule has 2 bridgehead atoms. The molecule has 1 amide bonds. The standard InChI is InChI=1S/C18H23N5O/c1-13-7-17(21-20-13)18(24)23-11-15-4-5-16(23)12-22(10-15)9-14-3-2-6-19-8-14/h2-3,6-8,15-16H,4-5,9-12H2,1H3,(H,20,21)/t15-,16+/m0/s1. The number of aromatic amines is 1. The van der Waals surface area contributed by atoms with Crippen LogP contribution in [0.15, 0.2) is 30.6 Å². The van der Waals surface area contributed by atoms with E-state index >= 15 is 0 Å². The topological polar surface area (TPSA) is 65.1 Å². The van der Waals surface area contributed by atoms with E-state index in [1.54, 1.807) is 0 Å². The number of carbonyl (C=O) groups excluding carboxylic acids is 1. The second-order valence-corrected chi connectivity index (χ2v) is 7.05. The summed E-state index contributed by atoms with van der Waals surface area (Å²) in [4.78, 5) is 21.6. The molecule has 2 aromatic rings. The van der Waals surface area contributed by atoms with Crippen LogP contribution in [0.5, 0.6) is 0 Å². The molecule has 6 heteroatoms. The highest BCUT2D eigenvalue weighted by Gasteiger charge is 2.37. The number of amides is 1. The summed E-state index contributed by atoms with van der Waals surface area (Å²) in [5, 5.41) is 7.03. The van der Waals surface area contributed by atoms with Gasteiger partial charge in [-0.05, 0) is 43.4 Å². The van der Waals surface area contributed by atoms with Gasteiger partial charge in [0.25, 0.3) is 5.91 Å². The molecule has 5 heterocycles. The summed E-state index contributed by atoms with van der Waals surface area (Å²) >= 11 is 0. The van der Waals surface area contributed by atoms with Crippen molar-refractivity contribution in [2.24, 2.45) is 5.92 Å². The molecule has 0 radical (unpaired) electrons. The van der Waals surface area contributed by atoms with Crippen LogP contribution in [0.2, 0.25) is 0 Å². The monoisotopic (exact) mass is 325 g/mol. The Hall–Kier alpha value is -2.21. The molecule has 5 rings (SSSR count). The van der Waals surface area contributed by atoms with Crippen LogP contribution >= 0.6 is 0 Å². The van der Waals surface area contributed by atoms with Gasteiger partial charge in [0.1, 0.15) is 5.69 Å². The second kappa shape index (κ2) is 6.36. The third-order valence-corrected chi connectivity index (χ3v) is 5.10. The number of aryl methyl sites for hydroxylation is 1. The van der Waals surface area contributed by atoms with Crippen LogP contribution < -0.4 is 0 Å². The van der Waals surface area contributed by atoms with Gasteiger partial charge < -0.3 is 4.90 Å². The zero-order valence-corrected chi connectivity index (χ0v) is 14.0. The molecule has 126 valence electrons. The van der Waals surface area contributed by atoms with Gasteiger partial charge >= 0.3 is 0 Å². The number of nitrogens with zero attached hydrogens (tertiary/aromatic N) is 4. The number of fused-ring (bicyclic) bond motifs is 4. The molecule has 2 aromatic heterocycles. The van der Waals surface area contributed by atoms with Gasteiger partial charge in [-0.2, -0.15) is 5.10 Å². The van der Waals surface area contributed by atoms with E-state index in [1.807, 2.05) is 36.4 Å². The highest BCUT2D eigenvalue weighted by Crippen LogP contribution is 2.29. The molecule has 3 saturated heterocycles. The summed E-state index contributed by atoms with van der Waals surface area (Å²) < 4.78 is 0. The van der Waals surface area contributed by atoms with Crippen molar-refractivity contribution in [1.82, 2.24) is 25.0 Å². The maximum atomic E-state index is 12.8. The molecule has 3 aliphatic rings. The largest absolute Gasteiger partial charge is 0.333 e. The van der Waals surface area contributed by atoms with E-state index < -0.39 is 0 Å².